The molecule has 3 heterocycles. The minimum atomic E-state index is 0.375. The molecule has 0 saturated carbocycles. The van der Waals surface area contributed by atoms with E-state index in [2.05, 4.69) is 43.9 Å². The molecule has 0 unspecified atom stereocenters. The van der Waals surface area contributed by atoms with Gasteiger partial charge < -0.3 is 4.98 Å². The summed E-state index contributed by atoms with van der Waals surface area (Å²) in [6.07, 6.45) is 14.6. The Morgan fingerprint density at radius 2 is 2.32 bits per heavy atom. The van der Waals surface area contributed by atoms with Gasteiger partial charge in [0.05, 0.1) is 17.9 Å². The van der Waals surface area contributed by atoms with Crippen molar-refractivity contribution in [1.29, 1.82) is 0 Å². The summed E-state index contributed by atoms with van der Waals surface area (Å²) in [5.41, 5.74) is 4.37. The molecule has 4 rings (SSSR count). The first-order valence-electron chi connectivity index (χ1n) is 7.88. The van der Waals surface area contributed by atoms with Crippen LogP contribution in [-0.2, 0) is 0 Å². The molecule has 0 fully saturated rings. The first kappa shape index (κ1) is 13.2. The highest BCUT2D eigenvalue weighted by Crippen LogP contribution is 2.32. The molecule has 0 aliphatic heterocycles. The van der Waals surface area contributed by atoms with Crippen molar-refractivity contribution >= 4 is 11.0 Å². The number of fused-ring (bicyclic) bond motifs is 1. The van der Waals surface area contributed by atoms with E-state index in [0.29, 0.717) is 6.04 Å². The number of hydrogen-bond donors (Lipinski definition) is 1. The second-order valence-electron chi connectivity index (χ2n) is 5.77. The van der Waals surface area contributed by atoms with Crippen LogP contribution in [0.2, 0.25) is 0 Å². The topological polar surface area (TPSA) is 59.4 Å². The first-order valence-corrected chi connectivity index (χ1v) is 7.88. The van der Waals surface area contributed by atoms with Gasteiger partial charge in [-0.2, -0.15) is 5.10 Å². The summed E-state index contributed by atoms with van der Waals surface area (Å²) in [6, 6.07) is 2.39. The van der Waals surface area contributed by atoms with Gasteiger partial charge in [-0.1, -0.05) is 13.0 Å². The lowest BCUT2D eigenvalue weighted by molar-refractivity contribution is 0.491. The van der Waals surface area contributed by atoms with Crippen molar-refractivity contribution in [3.05, 3.63) is 42.6 Å². The molecule has 5 heteroatoms. The van der Waals surface area contributed by atoms with E-state index in [-0.39, 0.29) is 0 Å². The molecule has 0 amide bonds. The minimum absolute atomic E-state index is 0.375. The van der Waals surface area contributed by atoms with Crippen molar-refractivity contribution in [2.24, 2.45) is 0 Å². The number of aromatic nitrogens is 5. The molecule has 1 atom stereocenters. The van der Waals surface area contributed by atoms with Crippen LogP contribution in [0.4, 0.5) is 0 Å². The second kappa shape index (κ2) is 5.40. The molecular weight excluding hydrogens is 274 g/mol. The largest absolute Gasteiger partial charge is 0.346 e. The highest BCUT2D eigenvalue weighted by atomic mass is 15.3. The SMILES string of the molecule is CC[C@H](C1=CCCC1)n1cc(-c2ncnc3[nH]ccc23)cn1. The Bertz CT molecular complexity index is 826. The third-order valence-corrected chi connectivity index (χ3v) is 4.44. The van der Waals surface area contributed by atoms with Gasteiger partial charge >= 0.3 is 0 Å². The van der Waals surface area contributed by atoms with E-state index >= 15 is 0 Å². The van der Waals surface area contributed by atoms with Crippen molar-refractivity contribution in [2.75, 3.05) is 0 Å². The van der Waals surface area contributed by atoms with Crippen molar-refractivity contribution < 1.29 is 0 Å². The van der Waals surface area contributed by atoms with Gasteiger partial charge in [-0.25, -0.2) is 9.97 Å². The number of H-pyrrole nitrogens is 1. The van der Waals surface area contributed by atoms with Crippen LogP contribution >= 0.6 is 0 Å². The number of hydrogen-bond acceptors (Lipinski definition) is 3. The van der Waals surface area contributed by atoms with E-state index in [1.165, 1.54) is 24.8 Å². The zero-order valence-electron chi connectivity index (χ0n) is 12.7. The predicted molar refractivity (Wildman–Crippen MR) is 86.4 cm³/mol. The highest BCUT2D eigenvalue weighted by Gasteiger charge is 2.19. The average Bonchev–Trinajstić information content (AvgIpc) is 3.29. The lowest BCUT2D eigenvalue weighted by Gasteiger charge is -2.17. The van der Waals surface area contributed by atoms with Crippen molar-refractivity contribution in [3.63, 3.8) is 0 Å². The highest BCUT2D eigenvalue weighted by molar-refractivity contribution is 5.89. The summed E-state index contributed by atoms with van der Waals surface area (Å²) >= 11 is 0. The average molecular weight is 293 g/mol. The van der Waals surface area contributed by atoms with Crippen LogP contribution in [0.5, 0.6) is 0 Å². The van der Waals surface area contributed by atoms with Gasteiger partial charge in [-0.3, -0.25) is 4.68 Å². The number of allylic oxidation sites excluding steroid dienone is 2. The molecule has 0 saturated heterocycles. The lowest BCUT2D eigenvalue weighted by Crippen LogP contribution is -2.10. The predicted octanol–water partition coefficient (Wildman–Crippen LogP) is 3.88. The maximum atomic E-state index is 4.60. The molecule has 0 spiro atoms. The van der Waals surface area contributed by atoms with Gasteiger partial charge in [0.2, 0.25) is 0 Å². The lowest BCUT2D eigenvalue weighted by atomic mass is 10.0. The summed E-state index contributed by atoms with van der Waals surface area (Å²) in [5, 5.41) is 5.64. The molecule has 112 valence electrons. The summed E-state index contributed by atoms with van der Waals surface area (Å²) in [7, 11) is 0. The Labute approximate surface area is 129 Å². The zero-order valence-corrected chi connectivity index (χ0v) is 12.7. The van der Waals surface area contributed by atoms with Crippen LogP contribution in [-0.4, -0.2) is 24.7 Å². The van der Waals surface area contributed by atoms with Gasteiger partial charge in [0.15, 0.2) is 0 Å². The minimum Gasteiger partial charge on any atom is -0.346 e. The molecule has 0 radical (unpaired) electrons. The summed E-state index contributed by atoms with van der Waals surface area (Å²) in [6.45, 7) is 2.22. The zero-order chi connectivity index (χ0) is 14.9. The van der Waals surface area contributed by atoms with Crippen LogP contribution in [0.25, 0.3) is 22.3 Å². The quantitative estimate of drug-likeness (QED) is 0.742. The normalized spacial score (nSPS) is 16.1. The van der Waals surface area contributed by atoms with Crippen LogP contribution in [0.1, 0.15) is 38.6 Å². The molecular formula is C17H19N5. The molecule has 5 nitrogen and oxygen atoms in total. The van der Waals surface area contributed by atoms with E-state index in [1.54, 1.807) is 6.33 Å². The molecule has 0 aromatic carbocycles. The van der Waals surface area contributed by atoms with Crippen LogP contribution < -0.4 is 0 Å². The maximum absolute atomic E-state index is 4.60. The number of rotatable bonds is 4. The van der Waals surface area contributed by atoms with Crippen molar-refractivity contribution in [2.45, 2.75) is 38.6 Å². The molecule has 0 bridgehead atoms. The summed E-state index contributed by atoms with van der Waals surface area (Å²) in [4.78, 5) is 11.8. The number of nitrogens with zero attached hydrogens (tertiary/aromatic N) is 4. The Morgan fingerprint density at radius 1 is 1.36 bits per heavy atom. The van der Waals surface area contributed by atoms with Crippen molar-refractivity contribution in [3.8, 4) is 11.3 Å². The number of nitrogens with one attached hydrogen (secondary N) is 1. The Morgan fingerprint density at radius 3 is 3.14 bits per heavy atom. The summed E-state index contributed by atoms with van der Waals surface area (Å²) < 4.78 is 2.09. The Hall–Kier alpha value is -2.43. The van der Waals surface area contributed by atoms with E-state index < -0.39 is 0 Å². The third kappa shape index (κ3) is 2.13. The number of aromatic amines is 1. The van der Waals surface area contributed by atoms with E-state index in [1.807, 2.05) is 18.5 Å². The van der Waals surface area contributed by atoms with Gasteiger partial charge in [-0.05, 0) is 37.3 Å². The van der Waals surface area contributed by atoms with Gasteiger partial charge in [0, 0.05) is 23.3 Å². The van der Waals surface area contributed by atoms with Gasteiger partial charge in [-0.15, -0.1) is 0 Å². The van der Waals surface area contributed by atoms with E-state index in [9.17, 15) is 0 Å². The first-order chi connectivity index (χ1) is 10.9. The smallest absolute Gasteiger partial charge is 0.141 e. The van der Waals surface area contributed by atoms with Crippen LogP contribution in [0.15, 0.2) is 42.6 Å². The summed E-state index contributed by atoms with van der Waals surface area (Å²) in [5.74, 6) is 0. The fraction of sp³-hybridized carbons (Fsp3) is 0.353. The maximum Gasteiger partial charge on any atom is 0.141 e. The van der Waals surface area contributed by atoms with E-state index in [4.69, 9.17) is 0 Å². The standard InChI is InChI=1S/C17H19N5/c1-2-15(12-5-3-4-6-12)22-10-13(9-21-22)16-14-7-8-18-17(14)20-11-19-16/h5,7-11,15H,2-4,6H2,1H3,(H,18,19,20)/t15-/m1/s1. The van der Waals surface area contributed by atoms with E-state index in [0.717, 1.165) is 28.7 Å². The van der Waals surface area contributed by atoms with Gasteiger partial charge in [0.25, 0.3) is 0 Å². The Kier molecular flexibility index (Phi) is 3.25. The monoisotopic (exact) mass is 293 g/mol. The molecule has 3 aromatic rings. The molecule has 1 aliphatic carbocycles. The van der Waals surface area contributed by atoms with Crippen molar-refractivity contribution in [1.82, 2.24) is 24.7 Å². The molecule has 3 aromatic heterocycles. The molecule has 22 heavy (non-hydrogen) atoms. The molecule has 1 aliphatic rings. The van der Waals surface area contributed by atoms with Gasteiger partial charge in [0.1, 0.15) is 12.0 Å². The fourth-order valence-corrected chi connectivity index (χ4v) is 3.35. The fourth-order valence-electron chi connectivity index (χ4n) is 3.35. The van der Waals surface area contributed by atoms with Crippen LogP contribution in [0.3, 0.4) is 0 Å². The Balaban J connectivity index is 1.73. The van der Waals surface area contributed by atoms with Crippen LogP contribution in [0, 0.1) is 0 Å². The second-order valence-corrected chi connectivity index (χ2v) is 5.77. The third-order valence-electron chi connectivity index (χ3n) is 4.44. The molecule has 1 N–H and O–H groups in total.